The molecule has 0 aromatic heterocycles. The van der Waals surface area contributed by atoms with Crippen LogP contribution in [-0.2, 0) is 4.79 Å². The normalized spacial score (nSPS) is 21.4. The maximum atomic E-state index is 13.0. The third-order valence-electron chi connectivity index (χ3n) is 5.60. The third-order valence-corrected chi connectivity index (χ3v) is 6.20. The van der Waals surface area contributed by atoms with Gasteiger partial charge in [0, 0.05) is 47.8 Å². The SMILES string of the molecule is O=C(Nc1ccc(Cl)cc1)N1CCCN(C(=O)C2CC2c2ccccc2Cl)CC1. The lowest BCUT2D eigenvalue weighted by molar-refractivity contribution is -0.132. The summed E-state index contributed by atoms with van der Waals surface area (Å²) in [4.78, 5) is 29.2. The van der Waals surface area contributed by atoms with E-state index in [-0.39, 0.29) is 23.8 Å². The molecule has 1 saturated heterocycles. The van der Waals surface area contributed by atoms with Crippen molar-refractivity contribution >= 4 is 40.8 Å². The number of halogens is 2. The Balaban J connectivity index is 1.32. The zero-order valence-electron chi connectivity index (χ0n) is 16.0. The second-order valence-corrected chi connectivity index (χ2v) is 8.42. The van der Waals surface area contributed by atoms with Gasteiger partial charge in [-0.25, -0.2) is 4.79 Å². The Kier molecular flexibility index (Phi) is 5.97. The number of hydrogen-bond donors (Lipinski definition) is 1. The van der Waals surface area contributed by atoms with Crippen molar-refractivity contribution in [2.24, 2.45) is 5.92 Å². The minimum atomic E-state index is -0.151. The summed E-state index contributed by atoms with van der Waals surface area (Å²) in [6.45, 7) is 2.38. The van der Waals surface area contributed by atoms with E-state index < -0.39 is 0 Å². The second kappa shape index (κ2) is 8.64. The molecule has 152 valence electrons. The summed E-state index contributed by atoms with van der Waals surface area (Å²) in [6, 6.07) is 14.6. The van der Waals surface area contributed by atoms with Crippen LogP contribution in [0.25, 0.3) is 0 Å². The van der Waals surface area contributed by atoms with E-state index in [0.29, 0.717) is 36.9 Å². The first-order valence-electron chi connectivity index (χ1n) is 9.87. The van der Waals surface area contributed by atoms with E-state index in [1.807, 2.05) is 29.2 Å². The van der Waals surface area contributed by atoms with Gasteiger partial charge >= 0.3 is 6.03 Å². The van der Waals surface area contributed by atoms with E-state index in [2.05, 4.69) is 5.32 Å². The molecule has 2 aromatic rings. The highest BCUT2D eigenvalue weighted by Crippen LogP contribution is 2.50. The molecule has 7 heteroatoms. The lowest BCUT2D eigenvalue weighted by Gasteiger charge is -2.22. The molecular formula is C22H23Cl2N3O2. The molecular weight excluding hydrogens is 409 g/mol. The van der Waals surface area contributed by atoms with E-state index in [1.54, 1.807) is 29.2 Å². The molecule has 2 unspecified atom stereocenters. The lowest BCUT2D eigenvalue weighted by atomic mass is 10.1. The van der Waals surface area contributed by atoms with Gasteiger partial charge in [-0.3, -0.25) is 4.79 Å². The van der Waals surface area contributed by atoms with Crippen LogP contribution in [0.1, 0.15) is 24.3 Å². The minimum Gasteiger partial charge on any atom is -0.341 e. The monoisotopic (exact) mass is 431 g/mol. The minimum absolute atomic E-state index is 0.00402. The van der Waals surface area contributed by atoms with Crippen LogP contribution in [-0.4, -0.2) is 47.9 Å². The van der Waals surface area contributed by atoms with Crippen molar-refractivity contribution in [1.29, 1.82) is 0 Å². The van der Waals surface area contributed by atoms with Crippen LogP contribution in [0.5, 0.6) is 0 Å². The van der Waals surface area contributed by atoms with E-state index in [9.17, 15) is 9.59 Å². The topological polar surface area (TPSA) is 52.7 Å². The molecule has 0 radical (unpaired) electrons. The molecule has 1 heterocycles. The van der Waals surface area contributed by atoms with Gasteiger partial charge in [-0.05, 0) is 54.7 Å². The molecule has 1 aliphatic heterocycles. The Bertz CT molecular complexity index is 903. The van der Waals surface area contributed by atoms with Crippen LogP contribution in [0.4, 0.5) is 10.5 Å². The summed E-state index contributed by atoms with van der Waals surface area (Å²) >= 11 is 12.2. The largest absolute Gasteiger partial charge is 0.341 e. The fraction of sp³-hybridized carbons (Fsp3) is 0.364. The van der Waals surface area contributed by atoms with E-state index in [1.165, 1.54) is 0 Å². The van der Waals surface area contributed by atoms with Crippen molar-refractivity contribution < 1.29 is 9.59 Å². The van der Waals surface area contributed by atoms with Gasteiger partial charge in [0.05, 0.1) is 0 Å². The smallest absolute Gasteiger partial charge is 0.321 e. The number of amides is 3. The zero-order valence-corrected chi connectivity index (χ0v) is 17.5. The van der Waals surface area contributed by atoms with E-state index >= 15 is 0 Å². The van der Waals surface area contributed by atoms with Gasteiger partial charge in [0.1, 0.15) is 0 Å². The van der Waals surface area contributed by atoms with Crippen LogP contribution in [0, 0.1) is 5.92 Å². The van der Waals surface area contributed by atoms with Crippen LogP contribution in [0.15, 0.2) is 48.5 Å². The average Bonchev–Trinajstić information content (AvgIpc) is 3.53. The number of anilines is 1. The molecule has 0 spiro atoms. The van der Waals surface area contributed by atoms with Crippen molar-refractivity contribution in [3.8, 4) is 0 Å². The highest BCUT2D eigenvalue weighted by atomic mass is 35.5. The molecule has 4 rings (SSSR count). The van der Waals surface area contributed by atoms with Gasteiger partial charge in [-0.15, -0.1) is 0 Å². The van der Waals surface area contributed by atoms with Gasteiger partial charge in [-0.2, -0.15) is 0 Å². The molecule has 2 aromatic carbocycles. The Morgan fingerprint density at radius 2 is 1.59 bits per heavy atom. The van der Waals surface area contributed by atoms with Crippen molar-refractivity contribution in [1.82, 2.24) is 9.80 Å². The first kappa shape index (κ1) is 20.0. The lowest BCUT2D eigenvalue weighted by Crippen LogP contribution is -2.39. The molecule has 1 saturated carbocycles. The van der Waals surface area contributed by atoms with Gasteiger partial charge in [0.25, 0.3) is 0 Å². The number of nitrogens with one attached hydrogen (secondary N) is 1. The maximum absolute atomic E-state index is 13.0. The highest BCUT2D eigenvalue weighted by molar-refractivity contribution is 6.31. The molecule has 1 N–H and O–H groups in total. The standard InChI is InChI=1S/C22H23Cl2N3O2/c23-15-6-8-16(9-7-15)25-22(29)27-11-3-10-26(12-13-27)21(28)19-14-18(19)17-4-1-2-5-20(17)24/h1-2,4-9,18-19H,3,10-14H2,(H,25,29). The number of nitrogens with zero attached hydrogens (tertiary/aromatic N) is 2. The molecule has 2 aliphatic rings. The fourth-order valence-electron chi connectivity index (χ4n) is 3.90. The predicted molar refractivity (Wildman–Crippen MR) is 116 cm³/mol. The molecule has 1 aliphatic carbocycles. The van der Waals surface area contributed by atoms with Crippen molar-refractivity contribution in [3.05, 3.63) is 64.1 Å². The summed E-state index contributed by atoms with van der Waals surface area (Å²) in [5, 5.41) is 4.25. The molecule has 2 fully saturated rings. The van der Waals surface area contributed by atoms with Crippen molar-refractivity contribution in [3.63, 3.8) is 0 Å². The molecule has 29 heavy (non-hydrogen) atoms. The summed E-state index contributed by atoms with van der Waals surface area (Å²) in [7, 11) is 0. The summed E-state index contributed by atoms with van der Waals surface area (Å²) in [5.74, 6) is 0.392. The number of urea groups is 1. The van der Waals surface area contributed by atoms with Crippen LogP contribution in [0.3, 0.4) is 0 Å². The van der Waals surface area contributed by atoms with Gasteiger partial charge in [0.15, 0.2) is 0 Å². The first-order chi connectivity index (χ1) is 14.0. The highest BCUT2D eigenvalue weighted by Gasteiger charge is 2.46. The number of rotatable bonds is 3. The zero-order chi connectivity index (χ0) is 20.4. The van der Waals surface area contributed by atoms with Crippen LogP contribution < -0.4 is 5.32 Å². The second-order valence-electron chi connectivity index (χ2n) is 7.57. The predicted octanol–water partition coefficient (Wildman–Crippen LogP) is 4.86. The summed E-state index contributed by atoms with van der Waals surface area (Å²) in [6.07, 6.45) is 1.61. The van der Waals surface area contributed by atoms with Crippen molar-refractivity contribution in [2.75, 3.05) is 31.5 Å². The Morgan fingerprint density at radius 3 is 2.34 bits per heavy atom. The quantitative estimate of drug-likeness (QED) is 0.753. The Morgan fingerprint density at radius 1 is 0.897 bits per heavy atom. The van der Waals surface area contributed by atoms with Crippen LogP contribution in [0.2, 0.25) is 10.0 Å². The Hall–Kier alpha value is -2.24. The van der Waals surface area contributed by atoms with E-state index in [4.69, 9.17) is 23.2 Å². The number of hydrogen-bond acceptors (Lipinski definition) is 2. The molecule has 3 amide bonds. The molecule has 5 nitrogen and oxygen atoms in total. The summed E-state index contributed by atoms with van der Waals surface area (Å²) < 4.78 is 0. The number of carbonyl (C=O) groups is 2. The van der Waals surface area contributed by atoms with Gasteiger partial charge in [-0.1, -0.05) is 41.4 Å². The fourth-order valence-corrected chi connectivity index (χ4v) is 4.30. The maximum Gasteiger partial charge on any atom is 0.321 e. The average molecular weight is 432 g/mol. The van der Waals surface area contributed by atoms with Crippen molar-refractivity contribution in [2.45, 2.75) is 18.8 Å². The number of carbonyl (C=O) groups excluding carboxylic acids is 2. The van der Waals surface area contributed by atoms with Crippen LogP contribution >= 0.6 is 23.2 Å². The number of benzene rings is 2. The van der Waals surface area contributed by atoms with Gasteiger partial charge in [0.2, 0.25) is 5.91 Å². The first-order valence-corrected chi connectivity index (χ1v) is 10.6. The van der Waals surface area contributed by atoms with Gasteiger partial charge < -0.3 is 15.1 Å². The molecule has 0 bridgehead atoms. The van der Waals surface area contributed by atoms with E-state index in [0.717, 1.165) is 23.4 Å². The Labute approximate surface area is 180 Å². The summed E-state index contributed by atoms with van der Waals surface area (Å²) in [5.41, 5.74) is 1.77. The third kappa shape index (κ3) is 4.68. The molecule has 2 atom stereocenters.